The average Bonchev–Trinajstić information content (AvgIpc) is 3.04. The Labute approximate surface area is 160 Å². The third-order valence-electron chi connectivity index (χ3n) is 5.79. The Morgan fingerprint density at radius 1 is 1.30 bits per heavy atom. The lowest BCUT2D eigenvalue weighted by Gasteiger charge is -2.37. The van der Waals surface area contributed by atoms with Gasteiger partial charge in [-0.1, -0.05) is 29.4 Å². The highest BCUT2D eigenvalue weighted by molar-refractivity contribution is 8.00. The normalized spacial score (nSPS) is 26.6. The largest absolute Gasteiger partial charge is 0.337 e. The fourth-order valence-electron chi connectivity index (χ4n) is 3.85. The van der Waals surface area contributed by atoms with Gasteiger partial charge < -0.3 is 9.53 Å². The summed E-state index contributed by atoms with van der Waals surface area (Å²) in [5.41, 5.74) is 3.14. The molecule has 0 amide bonds. The van der Waals surface area contributed by atoms with Gasteiger partial charge in [0.1, 0.15) is 0 Å². The first-order valence-corrected chi connectivity index (χ1v) is 10.2. The molecule has 5 rings (SSSR count). The molecule has 27 heavy (non-hydrogen) atoms. The van der Waals surface area contributed by atoms with E-state index in [2.05, 4.69) is 21.6 Å². The number of thioether (sulfide) groups is 1. The molecule has 5 nitrogen and oxygen atoms in total. The fraction of sp³-hybridized carbons (Fsp3) is 0.474. The lowest BCUT2D eigenvalue weighted by Crippen LogP contribution is -2.55. The van der Waals surface area contributed by atoms with Crippen LogP contribution in [0.15, 0.2) is 41.1 Å². The summed E-state index contributed by atoms with van der Waals surface area (Å²) in [5.74, 6) is 2.27. The van der Waals surface area contributed by atoms with Crippen molar-refractivity contribution < 1.29 is 13.3 Å². The number of aromatic nitrogens is 2. The molecule has 0 spiro atoms. The van der Waals surface area contributed by atoms with Gasteiger partial charge in [0.25, 0.3) is 12.3 Å². The van der Waals surface area contributed by atoms with Crippen molar-refractivity contribution in [2.45, 2.75) is 43.2 Å². The van der Waals surface area contributed by atoms with Crippen molar-refractivity contribution in [3.63, 3.8) is 0 Å². The zero-order valence-electron chi connectivity index (χ0n) is 14.9. The first-order valence-electron chi connectivity index (χ1n) is 9.07. The van der Waals surface area contributed by atoms with E-state index in [0.29, 0.717) is 5.82 Å². The zero-order chi connectivity index (χ0) is 18.6. The van der Waals surface area contributed by atoms with Crippen molar-refractivity contribution in [2.24, 2.45) is 0 Å². The molecule has 3 aliphatic rings. The second-order valence-electron chi connectivity index (χ2n) is 7.52. The molecular weight excluding hydrogens is 370 g/mol. The molecule has 142 valence electrons. The zero-order valence-corrected chi connectivity index (χ0v) is 15.7. The third kappa shape index (κ3) is 2.53. The molecule has 1 aromatic heterocycles. The smallest absolute Gasteiger partial charge is 0.270 e. The van der Waals surface area contributed by atoms with Crippen LogP contribution in [0.5, 0.6) is 0 Å². The summed E-state index contributed by atoms with van der Waals surface area (Å²) in [7, 11) is 0. The lowest BCUT2D eigenvalue weighted by atomic mass is 9.91. The number of hydrazine groups is 1. The summed E-state index contributed by atoms with van der Waals surface area (Å²) < 4.78 is 33.5. The Morgan fingerprint density at radius 2 is 2.07 bits per heavy atom. The molecule has 1 unspecified atom stereocenters. The van der Waals surface area contributed by atoms with Gasteiger partial charge in [0, 0.05) is 17.7 Å². The van der Waals surface area contributed by atoms with Gasteiger partial charge in [-0.15, -0.1) is 0 Å². The molecule has 8 heteroatoms. The summed E-state index contributed by atoms with van der Waals surface area (Å²) in [4.78, 5) is 4.47. The molecule has 1 aliphatic carbocycles. The van der Waals surface area contributed by atoms with Crippen LogP contribution in [0.4, 0.5) is 8.78 Å². The number of aryl methyl sites for hydroxylation is 1. The van der Waals surface area contributed by atoms with Crippen LogP contribution in [-0.2, 0) is 11.0 Å². The van der Waals surface area contributed by atoms with Crippen LogP contribution < -0.4 is 5.43 Å². The Bertz CT molecular complexity index is 893. The monoisotopic (exact) mass is 390 g/mol. The van der Waals surface area contributed by atoms with Crippen molar-refractivity contribution in [1.82, 2.24) is 20.6 Å². The summed E-state index contributed by atoms with van der Waals surface area (Å²) in [5, 5.41) is 5.88. The number of rotatable bonds is 5. The molecule has 1 atom stereocenters. The molecule has 2 aliphatic heterocycles. The van der Waals surface area contributed by atoms with E-state index in [4.69, 9.17) is 4.52 Å². The quantitative estimate of drug-likeness (QED) is 0.845. The first-order chi connectivity index (χ1) is 13.1. The number of hydrogen-bond donors (Lipinski definition) is 1. The highest BCUT2D eigenvalue weighted by atomic mass is 32.2. The van der Waals surface area contributed by atoms with Gasteiger partial charge in [0.05, 0.1) is 11.5 Å². The summed E-state index contributed by atoms with van der Waals surface area (Å²) in [6, 6.07) is 8.30. The van der Waals surface area contributed by atoms with Gasteiger partial charge >= 0.3 is 0 Å². The maximum absolute atomic E-state index is 14.1. The maximum Gasteiger partial charge on any atom is 0.270 e. The van der Waals surface area contributed by atoms with Crippen molar-refractivity contribution in [1.29, 1.82) is 0 Å². The molecule has 1 aromatic carbocycles. The number of nitrogens with zero attached hydrogens (tertiary/aromatic N) is 3. The van der Waals surface area contributed by atoms with Crippen LogP contribution in [0.25, 0.3) is 0 Å². The van der Waals surface area contributed by atoms with Gasteiger partial charge in [0.15, 0.2) is 11.4 Å². The highest BCUT2D eigenvalue weighted by Gasteiger charge is 2.54. The van der Waals surface area contributed by atoms with Gasteiger partial charge in [-0.25, -0.2) is 14.2 Å². The predicted octanol–water partition coefficient (Wildman–Crippen LogP) is 3.37. The van der Waals surface area contributed by atoms with Crippen LogP contribution >= 0.6 is 11.8 Å². The molecule has 3 heterocycles. The summed E-state index contributed by atoms with van der Waals surface area (Å²) in [6.45, 7) is 2.05. The van der Waals surface area contributed by atoms with Crippen LogP contribution in [-0.4, -0.2) is 39.1 Å². The summed E-state index contributed by atoms with van der Waals surface area (Å²) in [6.07, 6.45) is 2.22. The van der Waals surface area contributed by atoms with E-state index in [1.54, 1.807) is 23.0 Å². The van der Waals surface area contributed by atoms with Crippen LogP contribution in [0, 0.1) is 6.92 Å². The highest BCUT2D eigenvalue weighted by Crippen LogP contribution is 2.53. The fourth-order valence-corrected chi connectivity index (χ4v) is 4.62. The Kier molecular flexibility index (Phi) is 3.84. The average molecular weight is 390 g/mol. The molecule has 0 bridgehead atoms. The second kappa shape index (κ2) is 6.04. The number of alkyl halides is 2. The Balaban J connectivity index is 1.48. The number of benzene rings is 1. The standard InChI is InChI=1S/C19H20F2N4OS/c1-12-4-2-3-5-14(12)18(6-7-18)16-22-17(26-23-16)19(15(20)21)8-9-25(24-19)13-10-27-11-13/h2-5,8-9,13,15,24H,6-7,10-11H2,1H3. The number of nitrogens with one attached hydrogen (secondary N) is 1. The molecule has 2 fully saturated rings. The van der Waals surface area contributed by atoms with E-state index in [-0.39, 0.29) is 17.3 Å². The molecule has 1 saturated heterocycles. The molecule has 1 saturated carbocycles. The van der Waals surface area contributed by atoms with Gasteiger partial charge in [-0.3, -0.25) is 0 Å². The van der Waals surface area contributed by atoms with Gasteiger partial charge in [-0.05, 0) is 37.0 Å². The van der Waals surface area contributed by atoms with Gasteiger partial charge in [-0.2, -0.15) is 16.7 Å². The number of halogens is 2. The van der Waals surface area contributed by atoms with E-state index in [9.17, 15) is 8.78 Å². The summed E-state index contributed by atoms with van der Waals surface area (Å²) >= 11 is 1.80. The maximum atomic E-state index is 14.1. The van der Waals surface area contributed by atoms with E-state index in [1.807, 2.05) is 25.1 Å². The van der Waals surface area contributed by atoms with Crippen molar-refractivity contribution in [3.05, 3.63) is 59.4 Å². The SMILES string of the molecule is Cc1ccccc1C1(c2noc(C3(C(F)F)C=CN(C4CSC4)N3)n2)CC1. The molecule has 2 aromatic rings. The van der Waals surface area contributed by atoms with Crippen LogP contribution in [0.2, 0.25) is 0 Å². The second-order valence-corrected chi connectivity index (χ2v) is 8.59. The minimum Gasteiger partial charge on any atom is -0.337 e. The van der Waals surface area contributed by atoms with Crippen LogP contribution in [0.1, 0.15) is 35.7 Å². The molecule has 0 radical (unpaired) electrons. The van der Waals surface area contributed by atoms with E-state index >= 15 is 0 Å². The van der Waals surface area contributed by atoms with Crippen LogP contribution in [0.3, 0.4) is 0 Å². The lowest BCUT2D eigenvalue weighted by molar-refractivity contribution is 0.00611. The predicted molar refractivity (Wildman–Crippen MR) is 98.4 cm³/mol. The minimum absolute atomic E-state index is 0.0712. The van der Waals surface area contributed by atoms with Crippen molar-refractivity contribution in [2.75, 3.05) is 11.5 Å². The number of hydrogen-bond acceptors (Lipinski definition) is 6. The Hall–Kier alpha value is -1.93. The van der Waals surface area contributed by atoms with E-state index < -0.39 is 12.0 Å². The van der Waals surface area contributed by atoms with Crippen molar-refractivity contribution in [3.8, 4) is 0 Å². The van der Waals surface area contributed by atoms with E-state index in [0.717, 1.165) is 35.5 Å². The topological polar surface area (TPSA) is 54.2 Å². The van der Waals surface area contributed by atoms with Gasteiger partial charge in [0.2, 0.25) is 0 Å². The first kappa shape index (κ1) is 17.2. The van der Waals surface area contributed by atoms with E-state index in [1.165, 1.54) is 6.08 Å². The van der Waals surface area contributed by atoms with Crippen molar-refractivity contribution >= 4 is 11.8 Å². The third-order valence-corrected chi connectivity index (χ3v) is 7.03. The Morgan fingerprint density at radius 3 is 2.70 bits per heavy atom. The molecule has 1 N–H and O–H groups in total. The minimum atomic E-state index is -2.70. The molecular formula is C19H20F2N4OS.